The van der Waals surface area contributed by atoms with Crippen molar-refractivity contribution in [3.8, 4) is 5.75 Å². The van der Waals surface area contributed by atoms with Gasteiger partial charge in [-0.3, -0.25) is 0 Å². The lowest BCUT2D eigenvalue weighted by Crippen LogP contribution is -2.10. The lowest BCUT2D eigenvalue weighted by molar-refractivity contribution is 0.142. The lowest BCUT2D eigenvalue weighted by atomic mass is 9.87. The van der Waals surface area contributed by atoms with Crippen LogP contribution < -0.4 is 4.74 Å². The first-order chi connectivity index (χ1) is 10.2. The van der Waals surface area contributed by atoms with E-state index in [0.29, 0.717) is 6.61 Å². The first kappa shape index (κ1) is 16.1. The van der Waals surface area contributed by atoms with Crippen LogP contribution in [-0.2, 0) is 0 Å². The zero-order valence-corrected chi connectivity index (χ0v) is 14.0. The molecule has 0 heterocycles. The number of aliphatic hydroxyl groups is 1. The second-order valence-electron chi connectivity index (χ2n) is 4.99. The molecule has 3 heteroatoms. The number of aliphatic hydroxyl groups excluding tert-OH is 1. The molecule has 0 saturated heterocycles. The van der Waals surface area contributed by atoms with Gasteiger partial charge in [-0.25, -0.2) is 0 Å². The summed E-state index contributed by atoms with van der Waals surface area (Å²) in [5.41, 5.74) is 2.07. The Hall–Kier alpha value is -1.32. The Kier molecular flexibility index (Phi) is 5.83. The van der Waals surface area contributed by atoms with E-state index in [2.05, 4.69) is 35.0 Å². The van der Waals surface area contributed by atoms with Gasteiger partial charge < -0.3 is 9.84 Å². The second kappa shape index (κ2) is 7.62. The molecule has 0 fully saturated rings. The number of ether oxygens (including phenoxy) is 1. The number of benzene rings is 2. The molecule has 0 bridgehead atoms. The van der Waals surface area contributed by atoms with E-state index < -0.39 is 6.10 Å². The summed E-state index contributed by atoms with van der Waals surface area (Å²) >= 11 is 3.51. The summed E-state index contributed by atoms with van der Waals surface area (Å²) in [4.78, 5) is 0. The maximum absolute atomic E-state index is 10.7. The predicted molar refractivity (Wildman–Crippen MR) is 89.7 cm³/mol. The van der Waals surface area contributed by atoms with E-state index in [1.54, 1.807) is 0 Å². The van der Waals surface area contributed by atoms with Crippen molar-refractivity contribution in [3.05, 3.63) is 64.1 Å². The highest BCUT2D eigenvalue weighted by Gasteiger charge is 2.21. The zero-order chi connectivity index (χ0) is 15.2. The Morgan fingerprint density at radius 3 is 2.33 bits per heavy atom. The molecular formula is C18H21BrO2. The predicted octanol–water partition coefficient (Wildman–Crippen LogP) is 5.08. The topological polar surface area (TPSA) is 29.5 Å². The van der Waals surface area contributed by atoms with Crippen LogP contribution in [0.2, 0.25) is 0 Å². The third-order valence-electron chi connectivity index (χ3n) is 3.65. The van der Waals surface area contributed by atoms with Crippen LogP contribution in [0.5, 0.6) is 5.75 Å². The Morgan fingerprint density at radius 1 is 1.05 bits per heavy atom. The molecule has 0 spiro atoms. The second-order valence-corrected chi connectivity index (χ2v) is 5.85. The maximum atomic E-state index is 10.7. The molecule has 1 N–H and O–H groups in total. The molecule has 0 radical (unpaired) electrons. The first-order valence-electron chi connectivity index (χ1n) is 7.32. The van der Waals surface area contributed by atoms with E-state index >= 15 is 0 Å². The zero-order valence-electron chi connectivity index (χ0n) is 12.4. The molecule has 2 unspecified atom stereocenters. The Balaban J connectivity index is 2.25. The van der Waals surface area contributed by atoms with Crippen LogP contribution >= 0.6 is 15.9 Å². The summed E-state index contributed by atoms with van der Waals surface area (Å²) in [7, 11) is 0. The van der Waals surface area contributed by atoms with Gasteiger partial charge in [-0.2, -0.15) is 0 Å². The van der Waals surface area contributed by atoms with E-state index in [1.165, 1.54) is 0 Å². The summed E-state index contributed by atoms with van der Waals surface area (Å²) in [5, 5.41) is 10.7. The van der Waals surface area contributed by atoms with Crippen LogP contribution in [0.4, 0.5) is 0 Å². The van der Waals surface area contributed by atoms with Crippen molar-refractivity contribution in [2.24, 2.45) is 0 Å². The highest BCUT2D eigenvalue weighted by atomic mass is 79.9. The van der Waals surface area contributed by atoms with Crippen LogP contribution in [-0.4, -0.2) is 11.7 Å². The SMILES string of the molecule is CCOc1ccc(C(O)C(CC)c2ccccc2)cc1Br. The number of halogens is 1. The monoisotopic (exact) mass is 348 g/mol. The van der Waals surface area contributed by atoms with Gasteiger partial charge in [0.25, 0.3) is 0 Å². The number of hydrogen-bond acceptors (Lipinski definition) is 2. The fourth-order valence-electron chi connectivity index (χ4n) is 2.55. The fraction of sp³-hybridized carbons (Fsp3) is 0.333. The molecule has 112 valence electrons. The van der Waals surface area contributed by atoms with Gasteiger partial charge in [-0.1, -0.05) is 43.3 Å². The summed E-state index contributed by atoms with van der Waals surface area (Å²) in [6.07, 6.45) is 0.361. The number of rotatable bonds is 6. The van der Waals surface area contributed by atoms with Crippen LogP contribution in [0.1, 0.15) is 43.4 Å². The van der Waals surface area contributed by atoms with Crippen molar-refractivity contribution < 1.29 is 9.84 Å². The van der Waals surface area contributed by atoms with Crippen LogP contribution in [0.15, 0.2) is 53.0 Å². The highest BCUT2D eigenvalue weighted by molar-refractivity contribution is 9.10. The largest absolute Gasteiger partial charge is 0.493 e. The van der Waals surface area contributed by atoms with Crippen molar-refractivity contribution in [1.82, 2.24) is 0 Å². The fourth-order valence-corrected chi connectivity index (χ4v) is 3.06. The van der Waals surface area contributed by atoms with Gasteiger partial charge in [-0.15, -0.1) is 0 Å². The lowest BCUT2D eigenvalue weighted by Gasteiger charge is -2.23. The first-order valence-corrected chi connectivity index (χ1v) is 8.11. The smallest absolute Gasteiger partial charge is 0.133 e. The van der Waals surface area contributed by atoms with Crippen molar-refractivity contribution in [3.63, 3.8) is 0 Å². The van der Waals surface area contributed by atoms with Crippen LogP contribution in [0.3, 0.4) is 0 Å². The van der Waals surface area contributed by atoms with E-state index in [1.807, 2.05) is 43.3 Å². The summed E-state index contributed by atoms with van der Waals surface area (Å²) < 4.78 is 6.39. The standard InChI is InChI=1S/C18H21BrO2/c1-3-15(13-8-6-5-7-9-13)18(20)14-10-11-17(21-4-2)16(19)12-14/h5-12,15,18,20H,3-4H2,1-2H3. The molecule has 0 aliphatic carbocycles. The molecule has 2 nitrogen and oxygen atoms in total. The van der Waals surface area contributed by atoms with Crippen LogP contribution in [0, 0.1) is 0 Å². The van der Waals surface area contributed by atoms with Gasteiger partial charge in [0, 0.05) is 5.92 Å². The maximum Gasteiger partial charge on any atom is 0.133 e. The van der Waals surface area contributed by atoms with Gasteiger partial charge in [0.05, 0.1) is 17.2 Å². The third-order valence-corrected chi connectivity index (χ3v) is 4.27. The molecule has 2 atom stereocenters. The normalized spacial score (nSPS) is 13.7. The van der Waals surface area contributed by atoms with Crippen molar-refractivity contribution in [1.29, 1.82) is 0 Å². The van der Waals surface area contributed by atoms with E-state index in [9.17, 15) is 5.11 Å². The Labute approximate surface area is 134 Å². The minimum Gasteiger partial charge on any atom is -0.493 e. The van der Waals surface area contributed by atoms with E-state index in [0.717, 1.165) is 27.8 Å². The summed E-state index contributed by atoms with van der Waals surface area (Å²) in [6.45, 7) is 4.68. The van der Waals surface area contributed by atoms with Gasteiger partial charge >= 0.3 is 0 Å². The minimum absolute atomic E-state index is 0.0936. The molecule has 0 aliphatic rings. The van der Waals surface area contributed by atoms with Gasteiger partial charge in [0.2, 0.25) is 0 Å². The number of hydrogen-bond donors (Lipinski definition) is 1. The van der Waals surface area contributed by atoms with E-state index in [-0.39, 0.29) is 5.92 Å². The Morgan fingerprint density at radius 2 is 1.76 bits per heavy atom. The van der Waals surface area contributed by atoms with Gasteiger partial charge in [0.15, 0.2) is 0 Å². The molecule has 0 aromatic heterocycles. The molecule has 2 rings (SSSR count). The highest BCUT2D eigenvalue weighted by Crippen LogP contribution is 2.36. The Bertz CT molecular complexity index is 569. The third kappa shape index (κ3) is 3.86. The van der Waals surface area contributed by atoms with E-state index in [4.69, 9.17) is 4.74 Å². The summed E-state index contributed by atoms with van der Waals surface area (Å²) in [5.74, 6) is 0.900. The van der Waals surface area contributed by atoms with Crippen molar-refractivity contribution >= 4 is 15.9 Å². The van der Waals surface area contributed by atoms with Gasteiger partial charge in [-0.05, 0) is 52.5 Å². The average Bonchev–Trinajstić information content (AvgIpc) is 2.51. The van der Waals surface area contributed by atoms with Crippen LogP contribution in [0.25, 0.3) is 0 Å². The molecule has 2 aromatic rings. The van der Waals surface area contributed by atoms with Crippen molar-refractivity contribution in [2.45, 2.75) is 32.3 Å². The average molecular weight is 349 g/mol. The molecule has 0 saturated carbocycles. The quantitative estimate of drug-likeness (QED) is 0.789. The van der Waals surface area contributed by atoms with Gasteiger partial charge in [0.1, 0.15) is 5.75 Å². The minimum atomic E-state index is -0.524. The summed E-state index contributed by atoms with van der Waals surface area (Å²) in [6, 6.07) is 16.0. The molecule has 0 amide bonds. The molecule has 0 aliphatic heterocycles. The molecule has 21 heavy (non-hydrogen) atoms. The molecule has 2 aromatic carbocycles. The molecular weight excluding hydrogens is 328 g/mol. The van der Waals surface area contributed by atoms with Crippen molar-refractivity contribution in [2.75, 3.05) is 6.61 Å².